The largest absolute Gasteiger partial charge is 0.468 e. The van der Waals surface area contributed by atoms with Crippen molar-refractivity contribution in [3.05, 3.63) is 24.2 Å². The summed E-state index contributed by atoms with van der Waals surface area (Å²) in [6.45, 7) is 8.41. The molecule has 1 aromatic heterocycles. The quantitative estimate of drug-likeness (QED) is 0.591. The number of furan rings is 1. The van der Waals surface area contributed by atoms with E-state index in [-0.39, 0.29) is 10.8 Å². The van der Waals surface area contributed by atoms with Crippen molar-refractivity contribution in [1.82, 2.24) is 15.5 Å². The van der Waals surface area contributed by atoms with Gasteiger partial charge in [0.1, 0.15) is 5.76 Å². The Kier molecular flexibility index (Phi) is 6.84. The Morgan fingerprint density at radius 1 is 1.39 bits per heavy atom. The summed E-state index contributed by atoms with van der Waals surface area (Å²) < 4.78 is 5.85. The third kappa shape index (κ3) is 5.46. The molecule has 0 radical (unpaired) electrons. The summed E-state index contributed by atoms with van der Waals surface area (Å²) in [6.07, 6.45) is 6.43. The maximum atomic E-state index is 5.66. The molecule has 1 atom stereocenters. The van der Waals surface area contributed by atoms with E-state index in [2.05, 4.69) is 46.7 Å². The van der Waals surface area contributed by atoms with E-state index in [1.54, 1.807) is 6.26 Å². The molecule has 23 heavy (non-hydrogen) atoms. The van der Waals surface area contributed by atoms with Crippen LogP contribution in [0.3, 0.4) is 0 Å². The van der Waals surface area contributed by atoms with Gasteiger partial charge in [-0.05, 0) is 58.2 Å². The molecule has 2 rings (SSSR count). The first-order valence-electron chi connectivity index (χ1n) is 8.33. The number of nitrogens with zero attached hydrogens (tertiary/aromatic N) is 2. The molecule has 2 heterocycles. The molecule has 1 aromatic rings. The van der Waals surface area contributed by atoms with E-state index in [9.17, 15) is 0 Å². The second-order valence-corrected chi connectivity index (χ2v) is 8.06. The van der Waals surface area contributed by atoms with Gasteiger partial charge in [-0.3, -0.25) is 9.89 Å². The van der Waals surface area contributed by atoms with Crippen molar-refractivity contribution in [2.75, 3.05) is 39.5 Å². The number of guanidine groups is 1. The second-order valence-electron chi connectivity index (χ2n) is 6.54. The van der Waals surface area contributed by atoms with Gasteiger partial charge >= 0.3 is 0 Å². The lowest BCUT2D eigenvalue weighted by Crippen LogP contribution is -2.46. The third-order valence-electron chi connectivity index (χ3n) is 4.37. The minimum Gasteiger partial charge on any atom is -0.468 e. The molecule has 1 unspecified atom stereocenters. The van der Waals surface area contributed by atoms with E-state index < -0.39 is 0 Å². The van der Waals surface area contributed by atoms with Crippen LogP contribution in [-0.2, 0) is 0 Å². The number of aliphatic imine (C=N–C) groups is 1. The second kappa shape index (κ2) is 8.64. The summed E-state index contributed by atoms with van der Waals surface area (Å²) in [6, 6.07) is 4.30. The summed E-state index contributed by atoms with van der Waals surface area (Å²) >= 11 is 1.85. The van der Waals surface area contributed by atoms with Crippen LogP contribution in [0.2, 0.25) is 0 Å². The monoisotopic (exact) mass is 338 g/mol. The van der Waals surface area contributed by atoms with Crippen molar-refractivity contribution >= 4 is 17.7 Å². The zero-order valence-electron chi connectivity index (χ0n) is 14.8. The minimum absolute atomic E-state index is 0.187. The van der Waals surface area contributed by atoms with Crippen LogP contribution in [0.5, 0.6) is 0 Å². The average molecular weight is 339 g/mol. The van der Waals surface area contributed by atoms with Crippen molar-refractivity contribution < 1.29 is 4.42 Å². The van der Waals surface area contributed by atoms with Crippen molar-refractivity contribution in [3.63, 3.8) is 0 Å². The molecule has 1 aliphatic heterocycles. The van der Waals surface area contributed by atoms with Gasteiger partial charge in [-0.15, -0.1) is 0 Å². The first-order valence-corrected chi connectivity index (χ1v) is 9.55. The van der Waals surface area contributed by atoms with Gasteiger partial charge < -0.3 is 15.1 Å². The lowest BCUT2D eigenvalue weighted by Gasteiger charge is -2.28. The highest BCUT2D eigenvalue weighted by atomic mass is 32.2. The Hall–Kier alpha value is -1.14. The average Bonchev–Trinajstić information content (AvgIpc) is 3.24. The molecular weight excluding hydrogens is 308 g/mol. The van der Waals surface area contributed by atoms with E-state index in [0.717, 1.165) is 37.9 Å². The van der Waals surface area contributed by atoms with Gasteiger partial charge in [0.25, 0.3) is 0 Å². The third-order valence-corrected chi connectivity index (χ3v) is 5.62. The number of nitrogens with one attached hydrogen (secondary N) is 2. The zero-order valence-corrected chi connectivity index (χ0v) is 15.6. The molecule has 130 valence electrons. The van der Waals surface area contributed by atoms with Crippen LogP contribution in [0.1, 0.15) is 38.5 Å². The van der Waals surface area contributed by atoms with E-state index in [4.69, 9.17) is 4.42 Å². The molecule has 1 fully saturated rings. The zero-order chi connectivity index (χ0) is 16.7. The fourth-order valence-electron chi connectivity index (χ4n) is 2.73. The number of likely N-dealkylation sites (tertiary alicyclic amines) is 1. The highest BCUT2D eigenvalue weighted by molar-refractivity contribution is 7.99. The maximum Gasteiger partial charge on any atom is 0.191 e. The predicted molar refractivity (Wildman–Crippen MR) is 99.2 cm³/mol. The fourth-order valence-corrected chi connectivity index (χ4v) is 2.94. The van der Waals surface area contributed by atoms with Crippen molar-refractivity contribution in [1.29, 1.82) is 0 Å². The van der Waals surface area contributed by atoms with Crippen LogP contribution < -0.4 is 10.6 Å². The van der Waals surface area contributed by atoms with Crippen LogP contribution in [0.15, 0.2) is 27.8 Å². The summed E-state index contributed by atoms with van der Waals surface area (Å²) in [5.41, 5.74) is 0. The Bertz CT molecular complexity index is 481. The van der Waals surface area contributed by atoms with E-state index in [0.29, 0.717) is 0 Å². The van der Waals surface area contributed by atoms with E-state index in [1.807, 2.05) is 24.9 Å². The molecule has 0 aliphatic carbocycles. The predicted octanol–water partition coefficient (Wildman–Crippen LogP) is 2.72. The Balaban J connectivity index is 1.91. The molecule has 0 bridgehead atoms. The summed E-state index contributed by atoms with van der Waals surface area (Å²) in [5.74, 6) is 1.88. The summed E-state index contributed by atoms with van der Waals surface area (Å²) in [7, 11) is 1.82. The van der Waals surface area contributed by atoms with Crippen LogP contribution in [0.25, 0.3) is 0 Å². The van der Waals surface area contributed by atoms with Crippen LogP contribution in [-0.4, -0.2) is 55.1 Å². The van der Waals surface area contributed by atoms with Gasteiger partial charge in [-0.25, -0.2) is 0 Å². The standard InChI is InChI=1S/C17H30N4OS/c1-17(2,23-4)13-20-16(18-3)19-12-14(15-8-7-11-22-15)21-9-5-6-10-21/h7-8,11,14H,5-6,9-10,12-13H2,1-4H3,(H2,18,19,20). The molecule has 0 amide bonds. The van der Waals surface area contributed by atoms with Gasteiger partial charge in [0, 0.05) is 24.9 Å². The van der Waals surface area contributed by atoms with Crippen molar-refractivity contribution in [2.45, 2.75) is 37.5 Å². The lowest BCUT2D eigenvalue weighted by atomic mass is 10.2. The molecular formula is C17H30N4OS. The summed E-state index contributed by atoms with van der Waals surface area (Å²) in [4.78, 5) is 6.83. The maximum absolute atomic E-state index is 5.66. The topological polar surface area (TPSA) is 52.8 Å². The first-order chi connectivity index (χ1) is 11.1. The number of hydrogen-bond donors (Lipinski definition) is 2. The Morgan fingerprint density at radius 2 is 2.13 bits per heavy atom. The van der Waals surface area contributed by atoms with Crippen LogP contribution >= 0.6 is 11.8 Å². The van der Waals surface area contributed by atoms with Crippen molar-refractivity contribution in [2.24, 2.45) is 4.99 Å². The molecule has 6 heteroatoms. The van der Waals surface area contributed by atoms with Crippen LogP contribution in [0, 0.1) is 0 Å². The Morgan fingerprint density at radius 3 is 2.70 bits per heavy atom. The smallest absolute Gasteiger partial charge is 0.191 e. The van der Waals surface area contributed by atoms with E-state index >= 15 is 0 Å². The molecule has 2 N–H and O–H groups in total. The van der Waals surface area contributed by atoms with Crippen molar-refractivity contribution in [3.8, 4) is 0 Å². The molecule has 1 aliphatic rings. The number of rotatable bonds is 7. The molecule has 1 saturated heterocycles. The lowest BCUT2D eigenvalue weighted by molar-refractivity contribution is 0.215. The van der Waals surface area contributed by atoms with Gasteiger partial charge in [0.15, 0.2) is 5.96 Å². The van der Waals surface area contributed by atoms with Gasteiger partial charge in [-0.2, -0.15) is 11.8 Å². The SMILES string of the molecule is CN=C(NCC(c1ccco1)N1CCCC1)NCC(C)(C)SC. The van der Waals surface area contributed by atoms with Crippen LogP contribution in [0.4, 0.5) is 0 Å². The van der Waals surface area contributed by atoms with Gasteiger partial charge in [0.2, 0.25) is 0 Å². The highest BCUT2D eigenvalue weighted by Gasteiger charge is 2.25. The Labute approximate surface area is 144 Å². The number of hydrogen-bond acceptors (Lipinski definition) is 4. The first kappa shape index (κ1) is 18.2. The normalized spacial score (nSPS) is 18.2. The number of thioether (sulfide) groups is 1. The molecule has 0 aromatic carbocycles. The molecule has 0 saturated carbocycles. The molecule has 0 spiro atoms. The van der Waals surface area contributed by atoms with E-state index in [1.165, 1.54) is 12.8 Å². The minimum atomic E-state index is 0.187. The molecule has 5 nitrogen and oxygen atoms in total. The van der Waals surface area contributed by atoms with Gasteiger partial charge in [-0.1, -0.05) is 0 Å². The highest BCUT2D eigenvalue weighted by Crippen LogP contribution is 2.25. The fraction of sp³-hybridized carbons (Fsp3) is 0.706. The summed E-state index contributed by atoms with van der Waals surface area (Å²) in [5, 5.41) is 6.88. The van der Waals surface area contributed by atoms with Gasteiger partial charge in [0.05, 0.1) is 12.3 Å².